The van der Waals surface area contributed by atoms with Crippen LogP contribution in [0.15, 0.2) is 0 Å². The number of nitrogens with zero attached hydrogens (tertiary/aromatic N) is 1. The summed E-state index contributed by atoms with van der Waals surface area (Å²) < 4.78 is 0. The Kier molecular flexibility index (Phi) is 22.0. The van der Waals surface area contributed by atoms with Crippen molar-refractivity contribution in [2.24, 2.45) is 0 Å². The van der Waals surface area contributed by atoms with Crippen LogP contribution in [0.2, 0.25) is 0 Å². The molecule has 0 unspecified atom stereocenters. The second-order valence-corrected chi connectivity index (χ2v) is 0.729. The van der Waals surface area contributed by atoms with Crippen molar-refractivity contribution >= 4 is 74.4 Å². The van der Waals surface area contributed by atoms with Crippen LogP contribution in [0.25, 0.3) is 0 Å². The fraction of sp³-hybridized carbons (Fsp3) is 0.333. The van der Waals surface area contributed by atoms with Crippen molar-refractivity contribution in [2.75, 3.05) is 0 Å². The van der Waals surface area contributed by atoms with Gasteiger partial charge in [0.25, 0.3) is 0 Å². The van der Waals surface area contributed by atoms with Gasteiger partial charge in [0.1, 0.15) is 6.42 Å². The van der Waals surface area contributed by atoms with Crippen molar-refractivity contribution in [1.82, 2.24) is 0 Å². The minimum absolute atomic E-state index is 0. The first-order valence-corrected chi connectivity index (χ1v) is 1.36. The maximum atomic E-state index is 9.38. The molecule has 0 fully saturated rings. The van der Waals surface area contributed by atoms with E-state index in [0.29, 0.717) is 0 Å². The molecule has 0 amide bonds. The second-order valence-electron chi connectivity index (χ2n) is 0.729. The van der Waals surface area contributed by atoms with Crippen LogP contribution in [0.4, 0.5) is 0 Å². The number of carbonyl (C=O) groups is 1. The Bertz CT molecular complexity index is 99.9. The molecule has 0 aromatic carbocycles. The number of nitriles is 1. The van der Waals surface area contributed by atoms with Crippen LogP contribution >= 0.6 is 0 Å². The maximum absolute atomic E-state index is 9.38. The van der Waals surface area contributed by atoms with Gasteiger partial charge in [0, 0.05) is 0 Å². The van der Waals surface area contributed by atoms with Gasteiger partial charge in [-0.05, 0) is 0 Å². The molecule has 1 N–H and O–H groups in total. The van der Waals surface area contributed by atoms with Crippen molar-refractivity contribution < 1.29 is 9.90 Å². The van der Waals surface area contributed by atoms with Gasteiger partial charge >= 0.3 is 74.4 Å². The number of carboxylic acid groups (broad SMARTS) is 1. The monoisotopic (exact) mass is 207 g/mol. The van der Waals surface area contributed by atoms with E-state index in [0.717, 1.165) is 0 Å². The normalized spacial score (nSPS) is 4.88. The molecule has 0 spiro atoms. The quantitative estimate of drug-likeness (QED) is 0.527. The average molecular weight is 206 g/mol. The van der Waals surface area contributed by atoms with Crippen LogP contribution < -0.4 is 0 Å². The number of carboxylic acids is 1. The summed E-state index contributed by atoms with van der Waals surface area (Å²) in [7, 11) is 0. The topological polar surface area (TPSA) is 61.1 Å². The van der Waals surface area contributed by atoms with E-state index in [9.17, 15) is 4.79 Å². The molecule has 0 aromatic heterocycles. The average Bonchev–Trinajstić information content (AvgIpc) is 1.35. The molecule has 42 valence electrons. The molecule has 0 rings (SSSR count). The van der Waals surface area contributed by atoms with Crippen LogP contribution in [0.3, 0.4) is 0 Å². The van der Waals surface area contributed by atoms with Gasteiger partial charge < -0.3 is 5.11 Å². The second kappa shape index (κ2) is 11.0. The zero-order chi connectivity index (χ0) is 4.99. The Morgan fingerprint density at radius 3 is 2.12 bits per heavy atom. The minimum atomic E-state index is -1.07. The van der Waals surface area contributed by atoms with E-state index >= 15 is 0 Å². The molecule has 0 saturated heterocycles. The molecule has 0 aliphatic heterocycles. The predicted octanol–water partition coefficient (Wildman–Crippen LogP) is -1.58. The Morgan fingerprint density at radius 1 is 1.75 bits per heavy atom. The molecule has 0 bridgehead atoms. The van der Waals surface area contributed by atoms with Gasteiger partial charge in [0.2, 0.25) is 0 Å². The van der Waals surface area contributed by atoms with Gasteiger partial charge in [-0.1, -0.05) is 0 Å². The Hall–Kier alpha value is 1.12. The van der Waals surface area contributed by atoms with Crippen LogP contribution in [0.1, 0.15) is 6.42 Å². The zero-order valence-electron chi connectivity index (χ0n) is 3.51. The first-order valence-electron chi connectivity index (χ1n) is 1.36. The van der Waals surface area contributed by atoms with Crippen LogP contribution in [0, 0.1) is 11.3 Å². The number of aliphatic carboxylic acids is 1. The Balaban J connectivity index is -0.000000125. The third-order valence-corrected chi connectivity index (χ3v) is 0.230. The van der Waals surface area contributed by atoms with Crippen LogP contribution in [0.5, 0.6) is 0 Å². The number of hydrogen-bond acceptors (Lipinski definition) is 2. The third-order valence-electron chi connectivity index (χ3n) is 0.230. The molecule has 5 heteroatoms. The van der Waals surface area contributed by atoms with Gasteiger partial charge in [0.15, 0.2) is 0 Å². The van der Waals surface area contributed by atoms with E-state index < -0.39 is 12.4 Å². The first-order chi connectivity index (χ1) is 2.77. The SMILES string of the molecule is N#CCC(=O)O.[KH].[SeH2]. The first kappa shape index (κ1) is 16.1. The van der Waals surface area contributed by atoms with E-state index in [2.05, 4.69) is 0 Å². The molecule has 8 heavy (non-hydrogen) atoms. The molecule has 0 radical (unpaired) electrons. The van der Waals surface area contributed by atoms with E-state index in [-0.39, 0.29) is 68.5 Å². The van der Waals surface area contributed by atoms with E-state index in [4.69, 9.17) is 10.4 Å². The molecule has 0 aromatic rings. The van der Waals surface area contributed by atoms with Crippen molar-refractivity contribution in [2.45, 2.75) is 6.42 Å². The van der Waals surface area contributed by atoms with Gasteiger partial charge in [0.05, 0.1) is 6.07 Å². The third kappa shape index (κ3) is 15.7. The fourth-order valence-electron chi connectivity index (χ4n) is 0.0676. The standard InChI is InChI=1S/C3H3NO2.K.H2Se.H/c4-2-1-3(5)6;;;/h1H2,(H,5,6);;1H2;. The summed E-state index contributed by atoms with van der Waals surface area (Å²) in [5.41, 5.74) is 0. The van der Waals surface area contributed by atoms with Gasteiger partial charge in [-0.3, -0.25) is 4.79 Å². The van der Waals surface area contributed by atoms with Crippen molar-refractivity contribution in [3.63, 3.8) is 0 Å². The summed E-state index contributed by atoms with van der Waals surface area (Å²) in [6.07, 6.45) is -0.403. The van der Waals surface area contributed by atoms with Gasteiger partial charge in [-0.2, -0.15) is 5.26 Å². The van der Waals surface area contributed by atoms with E-state index in [1.807, 2.05) is 0 Å². The summed E-state index contributed by atoms with van der Waals surface area (Å²) in [6, 6.07) is 1.47. The molecular weight excluding hydrogens is 200 g/mol. The van der Waals surface area contributed by atoms with Gasteiger partial charge in [-0.25, -0.2) is 0 Å². The van der Waals surface area contributed by atoms with Crippen molar-refractivity contribution in [3.05, 3.63) is 0 Å². The number of rotatable bonds is 1. The van der Waals surface area contributed by atoms with E-state index in [1.165, 1.54) is 6.07 Å². The summed E-state index contributed by atoms with van der Waals surface area (Å²) in [5, 5.41) is 15.3. The summed E-state index contributed by atoms with van der Waals surface area (Å²) in [4.78, 5) is 9.38. The zero-order valence-corrected chi connectivity index (χ0v) is 5.61. The van der Waals surface area contributed by atoms with Crippen molar-refractivity contribution in [3.8, 4) is 6.07 Å². The molecule has 3 nitrogen and oxygen atoms in total. The Morgan fingerprint density at radius 2 is 2.12 bits per heavy atom. The fourth-order valence-corrected chi connectivity index (χ4v) is 0.0676. The van der Waals surface area contributed by atoms with Gasteiger partial charge in [-0.15, -0.1) is 0 Å². The molecule has 0 aliphatic rings. The van der Waals surface area contributed by atoms with Crippen LogP contribution in [-0.2, 0) is 4.79 Å². The Labute approximate surface area is 100 Å². The molecular formula is C3H6KNO2Se. The van der Waals surface area contributed by atoms with Crippen molar-refractivity contribution in [1.29, 1.82) is 5.26 Å². The molecule has 0 aliphatic carbocycles. The van der Waals surface area contributed by atoms with Crippen LogP contribution in [-0.4, -0.2) is 79.5 Å². The summed E-state index contributed by atoms with van der Waals surface area (Å²) >= 11 is 0. The summed E-state index contributed by atoms with van der Waals surface area (Å²) in [6.45, 7) is 0. The predicted molar refractivity (Wildman–Crippen MR) is 33.6 cm³/mol. The molecule has 0 atom stereocenters. The molecule has 0 heterocycles. The summed E-state index contributed by atoms with van der Waals surface area (Å²) in [5.74, 6) is -1.07. The van der Waals surface area contributed by atoms with E-state index in [1.54, 1.807) is 0 Å². The molecule has 0 saturated carbocycles. The number of hydrogen-bond donors (Lipinski definition) is 1.